The molecule has 0 saturated heterocycles. The maximum absolute atomic E-state index is 13.5. The van der Waals surface area contributed by atoms with E-state index < -0.39 is 6.04 Å². The van der Waals surface area contributed by atoms with Gasteiger partial charge in [-0.15, -0.1) is 0 Å². The minimum absolute atomic E-state index is 0.0169. The van der Waals surface area contributed by atoms with Crippen LogP contribution in [0.15, 0.2) is 42.6 Å². The molecular weight excluding hydrogens is 499 g/mol. The first-order chi connectivity index (χ1) is 18.7. The molecule has 2 amide bonds. The predicted molar refractivity (Wildman–Crippen MR) is 149 cm³/mol. The summed E-state index contributed by atoms with van der Waals surface area (Å²) in [6, 6.07) is 5.41. The highest BCUT2D eigenvalue weighted by Crippen LogP contribution is 2.25. The summed E-state index contributed by atoms with van der Waals surface area (Å²) in [4.78, 5) is 37.3. The number of rotatable bonds is 9. The van der Waals surface area contributed by atoms with Crippen molar-refractivity contribution in [2.24, 2.45) is 5.92 Å². The number of carbonyl (C=O) groups excluding carboxylic acids is 2. The van der Waals surface area contributed by atoms with Gasteiger partial charge in [-0.1, -0.05) is 30.4 Å². The van der Waals surface area contributed by atoms with Gasteiger partial charge < -0.3 is 25.2 Å². The third-order valence-corrected chi connectivity index (χ3v) is 6.50. The van der Waals surface area contributed by atoms with Crippen molar-refractivity contribution >= 4 is 23.5 Å². The highest BCUT2D eigenvalue weighted by atomic mass is 19.1. The molecule has 0 unspecified atom stereocenters. The second kappa shape index (κ2) is 14.3. The van der Waals surface area contributed by atoms with E-state index in [2.05, 4.69) is 32.4 Å². The van der Waals surface area contributed by atoms with Crippen LogP contribution < -0.4 is 15.4 Å². The minimum atomic E-state index is -0.589. The number of ether oxygens (including phenoxy) is 1. The molecule has 0 radical (unpaired) electrons. The molecule has 1 fully saturated rings. The van der Waals surface area contributed by atoms with Crippen molar-refractivity contribution in [3.05, 3.63) is 54.0 Å². The third kappa shape index (κ3) is 9.07. The average molecular weight is 537 g/mol. The van der Waals surface area contributed by atoms with E-state index in [1.165, 1.54) is 30.2 Å². The molecule has 9 nitrogen and oxygen atoms in total. The zero-order chi connectivity index (χ0) is 28.4. The summed E-state index contributed by atoms with van der Waals surface area (Å²) >= 11 is 0. The van der Waals surface area contributed by atoms with Gasteiger partial charge in [0.1, 0.15) is 17.4 Å². The molecule has 0 spiro atoms. The highest BCUT2D eigenvalue weighted by Gasteiger charge is 2.26. The van der Waals surface area contributed by atoms with Gasteiger partial charge in [-0.2, -0.15) is 4.98 Å². The fourth-order valence-electron chi connectivity index (χ4n) is 4.17. The number of benzene rings is 1. The Labute approximate surface area is 229 Å². The molecule has 1 aliphatic carbocycles. The lowest BCUT2D eigenvalue weighted by molar-refractivity contribution is -0.135. The molecule has 0 aliphatic heterocycles. The first kappa shape index (κ1) is 29.6. The Kier molecular flexibility index (Phi) is 10.8. The normalized spacial score (nSPS) is 17.7. The quantitative estimate of drug-likeness (QED) is 0.375. The monoisotopic (exact) mass is 536 g/mol. The lowest BCUT2D eigenvalue weighted by Gasteiger charge is -2.30. The summed E-state index contributed by atoms with van der Waals surface area (Å²) in [7, 11) is 6.99. The van der Waals surface area contributed by atoms with Gasteiger partial charge in [0, 0.05) is 37.3 Å². The molecule has 2 aromatic rings. The summed E-state index contributed by atoms with van der Waals surface area (Å²) in [6.45, 7) is 2.38. The number of nitrogens with one attached hydrogen (secondary N) is 2. The number of carbonyl (C=O) groups is 2. The van der Waals surface area contributed by atoms with Gasteiger partial charge in [0.05, 0.1) is 13.3 Å². The maximum Gasteiger partial charge on any atom is 0.246 e. The molecule has 1 heterocycles. The number of halogens is 1. The highest BCUT2D eigenvalue weighted by molar-refractivity contribution is 5.92. The number of amides is 2. The molecule has 10 heteroatoms. The Hall–Kier alpha value is -3.97. The number of likely N-dealkylation sites (N-methyl/N-ethyl adjacent to an activating group) is 2. The van der Waals surface area contributed by atoms with Crippen LogP contribution in [0.1, 0.15) is 38.2 Å². The number of aromatic nitrogens is 2. The number of nitrogens with zero attached hydrogens (tertiary/aromatic N) is 4. The van der Waals surface area contributed by atoms with E-state index in [1.54, 1.807) is 38.4 Å². The smallest absolute Gasteiger partial charge is 0.246 e. The lowest BCUT2D eigenvalue weighted by atomic mass is 9.86. The van der Waals surface area contributed by atoms with E-state index in [4.69, 9.17) is 4.74 Å². The standard InChI is InChI=1S/C29H37FN6O3/c1-20(36(4)26(37)13-8-16-35(2)3)27(38)32-24-11-6-9-21(17-24)14-15-22-19-31-29(34-28(22)39-5)33-25-12-7-10-23(30)18-25/h7-8,10,12-13,18-21,24H,6,9,11,16-17H2,1-5H3,(H,32,38)(H,31,33,34)/b13-8+/t20-,21-,24-/m0/s1. The van der Waals surface area contributed by atoms with Crippen molar-refractivity contribution in [2.75, 3.05) is 40.1 Å². The van der Waals surface area contributed by atoms with Crippen LogP contribution in [0.2, 0.25) is 0 Å². The van der Waals surface area contributed by atoms with Crippen LogP contribution in [0.4, 0.5) is 16.0 Å². The van der Waals surface area contributed by atoms with E-state index in [9.17, 15) is 14.0 Å². The molecule has 1 aromatic heterocycles. The number of anilines is 2. The molecule has 1 aromatic carbocycles. The van der Waals surface area contributed by atoms with Crippen molar-refractivity contribution in [3.8, 4) is 17.7 Å². The lowest BCUT2D eigenvalue weighted by Crippen LogP contribution is -2.49. The van der Waals surface area contributed by atoms with Crippen molar-refractivity contribution < 1.29 is 18.7 Å². The first-order valence-corrected chi connectivity index (χ1v) is 13.0. The van der Waals surface area contributed by atoms with Gasteiger partial charge >= 0.3 is 0 Å². The molecule has 2 N–H and O–H groups in total. The molecule has 3 rings (SSSR count). The van der Waals surface area contributed by atoms with Crippen molar-refractivity contribution in [1.82, 2.24) is 25.1 Å². The van der Waals surface area contributed by atoms with Crippen LogP contribution in [0.25, 0.3) is 0 Å². The Morgan fingerprint density at radius 2 is 2.08 bits per heavy atom. The molecule has 208 valence electrons. The van der Waals surface area contributed by atoms with Gasteiger partial charge in [-0.3, -0.25) is 9.59 Å². The van der Waals surface area contributed by atoms with Crippen LogP contribution in [-0.2, 0) is 9.59 Å². The molecule has 0 bridgehead atoms. The second-order valence-electron chi connectivity index (χ2n) is 9.88. The number of hydrogen-bond acceptors (Lipinski definition) is 7. The topological polar surface area (TPSA) is 99.7 Å². The fraction of sp³-hybridized carbons (Fsp3) is 0.448. The summed E-state index contributed by atoms with van der Waals surface area (Å²) in [5.41, 5.74) is 1.07. The zero-order valence-corrected chi connectivity index (χ0v) is 23.2. The molecule has 39 heavy (non-hydrogen) atoms. The summed E-state index contributed by atoms with van der Waals surface area (Å²) < 4.78 is 18.9. The van der Waals surface area contributed by atoms with Gasteiger partial charge in [0.15, 0.2) is 0 Å². The summed E-state index contributed by atoms with van der Waals surface area (Å²) in [5.74, 6) is 6.34. The van der Waals surface area contributed by atoms with Gasteiger partial charge in [-0.25, -0.2) is 9.37 Å². The van der Waals surface area contributed by atoms with Crippen molar-refractivity contribution in [3.63, 3.8) is 0 Å². The molecule has 1 aliphatic rings. The van der Waals surface area contributed by atoms with Gasteiger partial charge in [-0.05, 0) is 58.5 Å². The van der Waals surface area contributed by atoms with Crippen LogP contribution in [-0.4, -0.2) is 78.5 Å². The molecular formula is C29H37FN6O3. The van der Waals surface area contributed by atoms with Crippen molar-refractivity contribution in [2.45, 2.75) is 44.7 Å². The van der Waals surface area contributed by atoms with E-state index in [-0.39, 0.29) is 35.5 Å². The Balaban J connectivity index is 1.58. The minimum Gasteiger partial charge on any atom is -0.480 e. The zero-order valence-electron chi connectivity index (χ0n) is 23.2. The van der Waals surface area contributed by atoms with Crippen LogP contribution in [0, 0.1) is 23.6 Å². The SMILES string of the molecule is COc1nc(Nc2cccc(F)c2)ncc1C#C[C@@H]1CCC[C@H](NC(=O)[C@H](C)N(C)C(=O)/C=C/CN(C)C)C1. The maximum atomic E-state index is 13.5. The van der Waals surface area contributed by atoms with Gasteiger partial charge in [0.25, 0.3) is 0 Å². The second-order valence-corrected chi connectivity index (χ2v) is 9.88. The summed E-state index contributed by atoms with van der Waals surface area (Å²) in [6.07, 6.45) is 8.29. The molecule has 3 atom stereocenters. The van der Waals surface area contributed by atoms with E-state index >= 15 is 0 Å². The van der Waals surface area contributed by atoms with E-state index in [0.29, 0.717) is 30.1 Å². The summed E-state index contributed by atoms with van der Waals surface area (Å²) in [5, 5.41) is 6.05. The Bertz CT molecular complexity index is 1240. The Morgan fingerprint density at radius 1 is 1.28 bits per heavy atom. The fourth-order valence-corrected chi connectivity index (χ4v) is 4.17. The van der Waals surface area contributed by atoms with Crippen LogP contribution in [0.5, 0.6) is 5.88 Å². The largest absolute Gasteiger partial charge is 0.480 e. The Morgan fingerprint density at radius 3 is 2.79 bits per heavy atom. The van der Waals surface area contributed by atoms with Crippen molar-refractivity contribution in [1.29, 1.82) is 0 Å². The van der Waals surface area contributed by atoms with E-state index in [0.717, 1.165) is 19.3 Å². The van der Waals surface area contributed by atoms with Gasteiger partial charge in [0.2, 0.25) is 23.6 Å². The van der Waals surface area contributed by atoms with Crippen LogP contribution >= 0.6 is 0 Å². The third-order valence-electron chi connectivity index (χ3n) is 6.50. The van der Waals surface area contributed by atoms with Crippen LogP contribution in [0.3, 0.4) is 0 Å². The molecule has 1 saturated carbocycles. The number of hydrogen-bond donors (Lipinski definition) is 2. The number of methoxy groups -OCH3 is 1. The average Bonchev–Trinajstić information content (AvgIpc) is 2.91. The predicted octanol–water partition coefficient (Wildman–Crippen LogP) is 3.36. The first-order valence-electron chi connectivity index (χ1n) is 13.0. The van der Waals surface area contributed by atoms with E-state index in [1.807, 2.05) is 19.0 Å².